The summed E-state index contributed by atoms with van der Waals surface area (Å²) in [4.78, 5) is 29.0. The molecule has 0 fully saturated rings. The van der Waals surface area contributed by atoms with Gasteiger partial charge in [-0.1, -0.05) is 61.8 Å². The molecule has 41 heavy (non-hydrogen) atoms. The zero-order valence-corrected chi connectivity index (χ0v) is 25.7. The summed E-state index contributed by atoms with van der Waals surface area (Å²) in [5.41, 5.74) is 1.79. The number of anilines is 1. The number of hydrogen-bond acceptors (Lipinski definition) is 5. The molecule has 2 atom stereocenters. The molecule has 0 bridgehead atoms. The first-order valence-corrected chi connectivity index (χ1v) is 15.4. The second-order valence-corrected chi connectivity index (χ2v) is 12.1. The smallest absolute Gasteiger partial charge is 0.264 e. The van der Waals surface area contributed by atoms with Crippen molar-refractivity contribution in [2.45, 2.75) is 64.1 Å². The first kappa shape index (κ1) is 32.0. The molecule has 10 heteroatoms. The maximum atomic E-state index is 14.1. The van der Waals surface area contributed by atoms with Gasteiger partial charge in [0, 0.05) is 17.6 Å². The molecule has 0 saturated heterocycles. The highest BCUT2D eigenvalue weighted by Gasteiger charge is 2.34. The van der Waals surface area contributed by atoms with Gasteiger partial charge in [-0.25, -0.2) is 8.42 Å². The number of aryl methyl sites for hydroxylation is 1. The minimum atomic E-state index is -4.16. The summed E-state index contributed by atoms with van der Waals surface area (Å²) in [5, 5.41) is 3.35. The van der Waals surface area contributed by atoms with Gasteiger partial charge in [0.15, 0.2) is 0 Å². The van der Waals surface area contributed by atoms with E-state index < -0.39 is 28.5 Å². The Kier molecular flexibility index (Phi) is 11.2. The molecule has 220 valence electrons. The summed E-state index contributed by atoms with van der Waals surface area (Å²) in [6.07, 6.45) is 1.07. The number of amides is 2. The molecule has 3 aromatic rings. The standard InChI is InChI=1S/C31H38ClN3O5S/c1-6-23(4)33-31(37)29(7-2)34(20-24-14-17-26(40-5)18-15-24)30(36)21-35(25-16-13-22(3)28(32)19-25)41(38,39)27-11-9-8-10-12-27/h8-19,23,29H,6-7,20-21H2,1-5H3,(H,33,37)/t23-,29+/m1/s1. The van der Waals surface area contributed by atoms with Gasteiger partial charge in [0.1, 0.15) is 18.3 Å². The van der Waals surface area contributed by atoms with Gasteiger partial charge >= 0.3 is 0 Å². The van der Waals surface area contributed by atoms with Crippen LogP contribution >= 0.6 is 11.6 Å². The number of sulfonamides is 1. The van der Waals surface area contributed by atoms with Crippen LogP contribution in [0.4, 0.5) is 5.69 Å². The van der Waals surface area contributed by atoms with E-state index in [-0.39, 0.29) is 29.1 Å². The Morgan fingerprint density at radius 2 is 1.63 bits per heavy atom. The maximum Gasteiger partial charge on any atom is 0.264 e. The highest BCUT2D eigenvalue weighted by atomic mass is 35.5. The van der Waals surface area contributed by atoms with Gasteiger partial charge in [0.25, 0.3) is 10.0 Å². The summed E-state index contributed by atoms with van der Waals surface area (Å²) in [7, 11) is -2.59. The molecule has 0 aromatic heterocycles. The highest BCUT2D eigenvalue weighted by Crippen LogP contribution is 2.29. The van der Waals surface area contributed by atoms with Crippen molar-refractivity contribution in [2.75, 3.05) is 18.0 Å². The Balaban J connectivity index is 2.06. The number of methoxy groups -OCH3 is 1. The van der Waals surface area contributed by atoms with Crippen molar-refractivity contribution in [2.24, 2.45) is 0 Å². The van der Waals surface area contributed by atoms with E-state index in [0.29, 0.717) is 17.2 Å². The number of nitrogens with zero attached hydrogens (tertiary/aromatic N) is 2. The van der Waals surface area contributed by atoms with Gasteiger partial charge in [-0.15, -0.1) is 0 Å². The van der Waals surface area contributed by atoms with Gasteiger partial charge in [0.05, 0.1) is 17.7 Å². The zero-order chi connectivity index (χ0) is 30.2. The molecular weight excluding hydrogens is 562 g/mol. The summed E-state index contributed by atoms with van der Waals surface area (Å²) in [6, 6.07) is 19.1. The number of carbonyl (C=O) groups is 2. The van der Waals surface area contributed by atoms with E-state index in [1.807, 2.05) is 39.8 Å². The topological polar surface area (TPSA) is 96.0 Å². The second-order valence-electron chi connectivity index (χ2n) is 9.87. The maximum absolute atomic E-state index is 14.1. The minimum absolute atomic E-state index is 0.0350. The molecular formula is C31H38ClN3O5S. The lowest BCUT2D eigenvalue weighted by Crippen LogP contribution is -2.53. The van der Waals surface area contributed by atoms with Crippen LogP contribution in [-0.2, 0) is 26.2 Å². The summed E-state index contributed by atoms with van der Waals surface area (Å²) >= 11 is 6.38. The van der Waals surface area contributed by atoms with Crippen LogP contribution in [0.3, 0.4) is 0 Å². The normalized spacial score (nSPS) is 12.7. The lowest BCUT2D eigenvalue weighted by Gasteiger charge is -2.33. The van der Waals surface area contributed by atoms with Crippen molar-refractivity contribution in [1.82, 2.24) is 10.2 Å². The Labute approximate surface area is 248 Å². The van der Waals surface area contributed by atoms with Crippen LogP contribution in [0.1, 0.15) is 44.7 Å². The molecule has 3 rings (SSSR count). The van der Waals surface area contributed by atoms with Crippen molar-refractivity contribution in [3.63, 3.8) is 0 Å². The van der Waals surface area contributed by atoms with E-state index in [2.05, 4.69) is 5.32 Å². The Morgan fingerprint density at radius 3 is 2.20 bits per heavy atom. The van der Waals surface area contributed by atoms with Gasteiger partial charge in [-0.3, -0.25) is 13.9 Å². The lowest BCUT2D eigenvalue weighted by molar-refractivity contribution is -0.140. The van der Waals surface area contributed by atoms with Crippen LogP contribution in [-0.4, -0.2) is 50.9 Å². The number of carbonyl (C=O) groups excluding carboxylic acids is 2. The Bertz CT molecular complexity index is 1430. The highest BCUT2D eigenvalue weighted by molar-refractivity contribution is 7.92. The average molecular weight is 600 g/mol. The molecule has 0 spiro atoms. The van der Waals surface area contributed by atoms with Crippen molar-refractivity contribution < 1.29 is 22.7 Å². The van der Waals surface area contributed by atoms with E-state index in [1.54, 1.807) is 49.6 Å². The fourth-order valence-electron chi connectivity index (χ4n) is 4.27. The first-order chi connectivity index (χ1) is 19.5. The van der Waals surface area contributed by atoms with Gasteiger partial charge in [-0.2, -0.15) is 0 Å². The predicted molar refractivity (Wildman–Crippen MR) is 163 cm³/mol. The van der Waals surface area contributed by atoms with Gasteiger partial charge < -0.3 is 15.0 Å². The van der Waals surface area contributed by atoms with Crippen molar-refractivity contribution >= 4 is 39.1 Å². The first-order valence-electron chi connectivity index (χ1n) is 13.6. The third-order valence-corrected chi connectivity index (χ3v) is 9.15. The van der Waals surface area contributed by atoms with Gasteiger partial charge in [0.2, 0.25) is 11.8 Å². The van der Waals surface area contributed by atoms with Crippen molar-refractivity contribution in [3.05, 3.63) is 88.9 Å². The molecule has 2 amide bonds. The minimum Gasteiger partial charge on any atom is -0.497 e. The van der Waals surface area contributed by atoms with E-state index in [1.165, 1.54) is 23.1 Å². The second kappa shape index (κ2) is 14.4. The number of ether oxygens (including phenoxy) is 1. The van der Waals surface area contributed by atoms with Crippen LogP contribution in [0, 0.1) is 6.92 Å². The molecule has 0 aliphatic carbocycles. The van der Waals surface area contributed by atoms with Crippen LogP contribution in [0.2, 0.25) is 5.02 Å². The molecule has 8 nitrogen and oxygen atoms in total. The van der Waals surface area contributed by atoms with Crippen LogP contribution in [0.5, 0.6) is 5.75 Å². The van der Waals surface area contributed by atoms with E-state index >= 15 is 0 Å². The average Bonchev–Trinajstić information content (AvgIpc) is 2.97. The lowest BCUT2D eigenvalue weighted by atomic mass is 10.1. The SMILES string of the molecule is CC[C@@H](C)NC(=O)[C@H](CC)N(Cc1ccc(OC)cc1)C(=O)CN(c1ccc(C)c(Cl)c1)S(=O)(=O)c1ccccc1. The molecule has 0 radical (unpaired) electrons. The fourth-order valence-corrected chi connectivity index (χ4v) is 5.88. The molecule has 0 aliphatic rings. The van der Waals surface area contributed by atoms with Crippen LogP contribution < -0.4 is 14.4 Å². The van der Waals surface area contributed by atoms with Gasteiger partial charge in [-0.05, 0) is 74.2 Å². The third kappa shape index (κ3) is 8.01. The largest absolute Gasteiger partial charge is 0.497 e. The Hall–Kier alpha value is -3.56. The fraction of sp³-hybridized carbons (Fsp3) is 0.355. The third-order valence-electron chi connectivity index (χ3n) is 6.95. The summed E-state index contributed by atoms with van der Waals surface area (Å²) in [6.45, 7) is 7.07. The summed E-state index contributed by atoms with van der Waals surface area (Å²) < 4.78 is 34.1. The molecule has 3 aromatic carbocycles. The van der Waals surface area contributed by atoms with E-state index in [4.69, 9.17) is 16.3 Å². The summed E-state index contributed by atoms with van der Waals surface area (Å²) in [5.74, 6) is -0.160. The number of rotatable bonds is 13. The molecule has 0 saturated carbocycles. The van der Waals surface area contributed by atoms with E-state index in [9.17, 15) is 18.0 Å². The van der Waals surface area contributed by atoms with Crippen LogP contribution in [0.25, 0.3) is 0 Å². The number of nitrogens with one attached hydrogen (secondary N) is 1. The molecule has 1 N–H and O–H groups in total. The molecule has 0 heterocycles. The van der Waals surface area contributed by atoms with Crippen LogP contribution in [0.15, 0.2) is 77.7 Å². The quantitative estimate of drug-likeness (QED) is 0.277. The number of hydrogen-bond donors (Lipinski definition) is 1. The van der Waals surface area contributed by atoms with Crippen molar-refractivity contribution in [1.29, 1.82) is 0 Å². The number of halogens is 1. The molecule has 0 unspecified atom stereocenters. The monoisotopic (exact) mass is 599 g/mol. The zero-order valence-electron chi connectivity index (χ0n) is 24.1. The Morgan fingerprint density at radius 1 is 0.976 bits per heavy atom. The molecule has 0 aliphatic heterocycles. The number of benzene rings is 3. The van der Waals surface area contributed by atoms with E-state index in [0.717, 1.165) is 21.9 Å². The predicted octanol–water partition coefficient (Wildman–Crippen LogP) is 5.57. The van der Waals surface area contributed by atoms with Crippen molar-refractivity contribution in [3.8, 4) is 5.75 Å².